The van der Waals surface area contributed by atoms with Crippen LogP contribution in [-0.4, -0.2) is 37.1 Å². The molecule has 4 rings (SSSR count). The first-order valence-corrected chi connectivity index (χ1v) is 9.10. The number of fused-ring (bicyclic) bond motifs is 1. The van der Waals surface area contributed by atoms with Crippen molar-refractivity contribution in [3.05, 3.63) is 52.4 Å². The number of hydrogen-bond acceptors (Lipinski definition) is 3. The highest BCUT2D eigenvalue weighted by molar-refractivity contribution is 7.20. The second-order valence-corrected chi connectivity index (χ2v) is 7.23. The molecule has 0 atom stereocenters. The van der Waals surface area contributed by atoms with E-state index in [-0.39, 0.29) is 12.3 Å². The van der Waals surface area contributed by atoms with Gasteiger partial charge in [-0.2, -0.15) is 0 Å². The third-order valence-corrected chi connectivity index (χ3v) is 5.67. The first kappa shape index (κ1) is 16.4. The lowest BCUT2D eigenvalue weighted by molar-refractivity contribution is 0.0306. The van der Waals surface area contributed by atoms with Crippen LogP contribution in [0.3, 0.4) is 0 Å². The van der Waals surface area contributed by atoms with Gasteiger partial charge in [-0.25, -0.2) is 8.78 Å². The fraction of sp³-hybridized carbons (Fsp3) is 0.316. The van der Waals surface area contributed by atoms with Crippen molar-refractivity contribution in [1.82, 2.24) is 4.90 Å². The highest BCUT2D eigenvalue weighted by Gasteiger charge is 2.22. The van der Waals surface area contributed by atoms with Gasteiger partial charge in [0.15, 0.2) is 0 Å². The van der Waals surface area contributed by atoms with Gasteiger partial charge in [-0.3, -0.25) is 4.79 Å². The summed E-state index contributed by atoms with van der Waals surface area (Å²) in [5.41, 5.74) is 1.26. The quantitative estimate of drug-likeness (QED) is 0.776. The normalized spacial score (nSPS) is 18.6. The van der Waals surface area contributed by atoms with Gasteiger partial charge in [0, 0.05) is 35.7 Å². The van der Waals surface area contributed by atoms with E-state index in [1.54, 1.807) is 4.90 Å². The van der Waals surface area contributed by atoms with Crippen molar-refractivity contribution in [3.8, 4) is 0 Å². The minimum Gasteiger partial charge on any atom is -0.378 e. The molecule has 3 nitrogen and oxygen atoms in total. The zero-order valence-electron chi connectivity index (χ0n) is 13.6. The second-order valence-electron chi connectivity index (χ2n) is 6.15. The summed E-state index contributed by atoms with van der Waals surface area (Å²) >= 11 is 1.41. The van der Waals surface area contributed by atoms with Crippen molar-refractivity contribution >= 4 is 32.9 Å². The molecule has 1 aliphatic carbocycles. The van der Waals surface area contributed by atoms with Gasteiger partial charge in [0.05, 0.1) is 18.1 Å². The summed E-state index contributed by atoms with van der Waals surface area (Å²) in [5.74, 6) is -0.968. The molecule has 1 aromatic heterocycles. The van der Waals surface area contributed by atoms with E-state index in [4.69, 9.17) is 4.74 Å². The standard InChI is InChI=1S/C19H17F2NO2S/c20-12-4-5-14(16(21)10-12)13-2-1-3-17-15(13)11-18(25-17)19(23)22-6-8-24-9-7-22/h1-3,10-11H,4-9H2. The van der Waals surface area contributed by atoms with Crippen LogP contribution in [0, 0.1) is 0 Å². The highest BCUT2D eigenvalue weighted by atomic mass is 32.1. The van der Waals surface area contributed by atoms with Crippen molar-refractivity contribution in [3.63, 3.8) is 0 Å². The molecule has 1 aromatic carbocycles. The number of rotatable bonds is 2. The third kappa shape index (κ3) is 3.12. The van der Waals surface area contributed by atoms with Gasteiger partial charge in [-0.1, -0.05) is 12.1 Å². The van der Waals surface area contributed by atoms with Gasteiger partial charge in [-0.05, 0) is 29.7 Å². The van der Waals surface area contributed by atoms with Crippen LogP contribution in [0.4, 0.5) is 8.78 Å². The van der Waals surface area contributed by atoms with Crippen LogP contribution in [0.2, 0.25) is 0 Å². The number of nitrogens with zero attached hydrogens (tertiary/aromatic N) is 1. The summed E-state index contributed by atoms with van der Waals surface area (Å²) in [6, 6.07) is 7.45. The lowest BCUT2D eigenvalue weighted by atomic mass is 9.94. The molecule has 130 valence electrons. The molecule has 2 aromatic rings. The van der Waals surface area contributed by atoms with E-state index >= 15 is 0 Å². The number of morpholine rings is 1. The molecular weight excluding hydrogens is 344 g/mol. The number of thiophene rings is 1. The molecule has 1 aliphatic heterocycles. The molecule has 0 N–H and O–H groups in total. The van der Waals surface area contributed by atoms with Crippen molar-refractivity contribution < 1.29 is 18.3 Å². The van der Waals surface area contributed by atoms with E-state index in [1.165, 1.54) is 11.3 Å². The molecule has 0 spiro atoms. The van der Waals surface area contributed by atoms with Gasteiger partial charge in [-0.15, -0.1) is 11.3 Å². The van der Waals surface area contributed by atoms with Crippen molar-refractivity contribution in [1.29, 1.82) is 0 Å². The molecule has 1 saturated heterocycles. The van der Waals surface area contributed by atoms with Crippen LogP contribution < -0.4 is 0 Å². The van der Waals surface area contributed by atoms with E-state index in [0.29, 0.717) is 43.2 Å². The summed E-state index contributed by atoms with van der Waals surface area (Å²) in [4.78, 5) is 15.1. The molecule has 0 unspecified atom stereocenters. The molecule has 2 heterocycles. The number of carbonyl (C=O) groups excluding carboxylic acids is 1. The number of amides is 1. The van der Waals surface area contributed by atoms with Gasteiger partial charge in [0.1, 0.15) is 11.7 Å². The number of carbonyl (C=O) groups is 1. The Balaban J connectivity index is 1.74. The molecule has 0 radical (unpaired) electrons. The van der Waals surface area contributed by atoms with Crippen molar-refractivity contribution in [2.45, 2.75) is 12.8 Å². The first-order chi connectivity index (χ1) is 12.1. The van der Waals surface area contributed by atoms with Gasteiger partial charge in [0.25, 0.3) is 5.91 Å². The Bertz CT molecular complexity index is 894. The molecule has 1 amide bonds. The predicted octanol–water partition coefficient (Wildman–Crippen LogP) is 4.70. The van der Waals surface area contributed by atoms with Crippen molar-refractivity contribution in [2.75, 3.05) is 26.3 Å². The zero-order valence-corrected chi connectivity index (χ0v) is 14.4. The molecule has 25 heavy (non-hydrogen) atoms. The monoisotopic (exact) mass is 361 g/mol. The maximum atomic E-state index is 14.2. The fourth-order valence-electron chi connectivity index (χ4n) is 3.28. The van der Waals surface area contributed by atoms with Gasteiger partial charge >= 0.3 is 0 Å². The van der Waals surface area contributed by atoms with Crippen LogP contribution in [-0.2, 0) is 4.74 Å². The van der Waals surface area contributed by atoms with Gasteiger partial charge in [0.2, 0.25) is 0 Å². The Morgan fingerprint density at radius 3 is 2.72 bits per heavy atom. The van der Waals surface area contributed by atoms with E-state index in [0.717, 1.165) is 21.7 Å². The molecule has 1 fully saturated rings. The minimum atomic E-state index is -0.525. The third-order valence-electron chi connectivity index (χ3n) is 4.58. The summed E-state index contributed by atoms with van der Waals surface area (Å²) < 4.78 is 33.8. The SMILES string of the molecule is O=C(c1cc2c(C3=C(F)C=C(F)CC3)cccc2s1)N1CCOCC1. The lowest BCUT2D eigenvalue weighted by Gasteiger charge is -2.26. The van der Waals surface area contributed by atoms with E-state index in [9.17, 15) is 13.6 Å². The minimum absolute atomic E-state index is 0.0144. The zero-order chi connectivity index (χ0) is 17.4. The average Bonchev–Trinajstić information content (AvgIpc) is 3.06. The van der Waals surface area contributed by atoms with Crippen LogP contribution >= 0.6 is 11.3 Å². The number of benzene rings is 1. The van der Waals surface area contributed by atoms with E-state index in [2.05, 4.69) is 0 Å². The maximum absolute atomic E-state index is 14.2. The largest absolute Gasteiger partial charge is 0.378 e. The van der Waals surface area contributed by atoms with Crippen LogP contribution in [0.25, 0.3) is 15.7 Å². The Morgan fingerprint density at radius 1 is 1.16 bits per heavy atom. The second kappa shape index (κ2) is 6.69. The highest BCUT2D eigenvalue weighted by Crippen LogP contribution is 2.38. The molecule has 6 heteroatoms. The summed E-state index contributed by atoms with van der Waals surface area (Å²) in [6.45, 7) is 2.28. The smallest absolute Gasteiger partial charge is 0.264 e. The van der Waals surface area contributed by atoms with Gasteiger partial charge < -0.3 is 9.64 Å². The lowest BCUT2D eigenvalue weighted by Crippen LogP contribution is -2.40. The van der Waals surface area contributed by atoms with Crippen LogP contribution in [0.1, 0.15) is 28.1 Å². The Morgan fingerprint density at radius 2 is 1.96 bits per heavy atom. The van der Waals surface area contributed by atoms with E-state index < -0.39 is 11.7 Å². The summed E-state index contributed by atoms with van der Waals surface area (Å²) in [7, 11) is 0. The number of halogens is 2. The molecule has 0 saturated carbocycles. The Hall–Kier alpha value is -2.05. The Kier molecular flexibility index (Phi) is 4.39. The predicted molar refractivity (Wildman–Crippen MR) is 95.0 cm³/mol. The van der Waals surface area contributed by atoms with E-state index in [1.807, 2.05) is 24.3 Å². The fourth-order valence-corrected chi connectivity index (χ4v) is 4.33. The molecule has 0 bridgehead atoms. The maximum Gasteiger partial charge on any atom is 0.264 e. The van der Waals surface area contributed by atoms with Crippen LogP contribution in [0.15, 0.2) is 42.0 Å². The topological polar surface area (TPSA) is 29.5 Å². The average molecular weight is 361 g/mol. The number of ether oxygens (including phenoxy) is 1. The summed E-state index contributed by atoms with van der Waals surface area (Å²) in [6.07, 6.45) is 1.50. The summed E-state index contributed by atoms with van der Waals surface area (Å²) in [5, 5.41) is 0.852. The van der Waals surface area contributed by atoms with Crippen LogP contribution in [0.5, 0.6) is 0 Å². The molecule has 2 aliphatic rings. The Labute approximate surface area is 148 Å². The number of hydrogen-bond donors (Lipinski definition) is 0. The van der Waals surface area contributed by atoms with Crippen molar-refractivity contribution in [2.24, 2.45) is 0 Å². The first-order valence-electron chi connectivity index (χ1n) is 8.28. The number of allylic oxidation sites excluding steroid dienone is 4. The molecular formula is C19H17F2NO2S.